The Morgan fingerprint density at radius 2 is 2.22 bits per heavy atom. The molecule has 96 valence electrons. The second kappa shape index (κ2) is 4.94. The maximum absolute atomic E-state index is 11.5. The molecule has 1 heterocycles. The van der Waals surface area contributed by atoms with Gasteiger partial charge < -0.3 is 14.4 Å². The molecule has 0 atom stereocenters. The predicted molar refractivity (Wildman–Crippen MR) is 73.6 cm³/mol. The van der Waals surface area contributed by atoms with Gasteiger partial charge in [0, 0.05) is 29.4 Å². The minimum atomic E-state index is -0.891. The summed E-state index contributed by atoms with van der Waals surface area (Å²) in [5.41, 5.74) is 2.12. The zero-order valence-electron chi connectivity index (χ0n) is 10.6. The standard InChI is InChI=1S/C13H15NO3S/c1-14-10-5-4-8(17-2)6-9(10)12(13(15)16)11(14)7-18-3/h4-6H,7H2,1-3H3,(H,15,16). The van der Waals surface area contributed by atoms with Gasteiger partial charge in [0.05, 0.1) is 12.7 Å². The number of hydrogen-bond acceptors (Lipinski definition) is 3. The Hall–Kier alpha value is -1.62. The van der Waals surface area contributed by atoms with E-state index in [0.717, 1.165) is 16.6 Å². The Labute approximate surface area is 110 Å². The molecule has 0 fully saturated rings. The summed E-state index contributed by atoms with van der Waals surface area (Å²) >= 11 is 1.61. The van der Waals surface area contributed by atoms with E-state index in [-0.39, 0.29) is 0 Å². The molecule has 18 heavy (non-hydrogen) atoms. The molecule has 0 amide bonds. The largest absolute Gasteiger partial charge is 0.497 e. The molecule has 0 aliphatic carbocycles. The maximum Gasteiger partial charge on any atom is 0.338 e. The number of aryl methyl sites for hydroxylation is 1. The molecule has 0 unspecified atom stereocenters. The third-order valence-corrected chi connectivity index (χ3v) is 3.58. The van der Waals surface area contributed by atoms with Gasteiger partial charge in [-0.3, -0.25) is 0 Å². The fraction of sp³-hybridized carbons (Fsp3) is 0.308. The Balaban J connectivity index is 2.79. The van der Waals surface area contributed by atoms with Crippen LogP contribution >= 0.6 is 11.8 Å². The van der Waals surface area contributed by atoms with Crippen LogP contribution in [0.2, 0.25) is 0 Å². The highest BCUT2D eigenvalue weighted by Crippen LogP contribution is 2.30. The fourth-order valence-electron chi connectivity index (χ4n) is 2.15. The number of thioether (sulfide) groups is 1. The first-order valence-electron chi connectivity index (χ1n) is 5.47. The van der Waals surface area contributed by atoms with Crippen LogP contribution in [-0.2, 0) is 12.8 Å². The average molecular weight is 265 g/mol. The number of rotatable bonds is 4. The summed E-state index contributed by atoms with van der Waals surface area (Å²) in [6.07, 6.45) is 1.96. The van der Waals surface area contributed by atoms with E-state index in [2.05, 4.69) is 0 Å². The smallest absolute Gasteiger partial charge is 0.338 e. The second-order valence-corrected chi connectivity index (χ2v) is 4.87. The van der Waals surface area contributed by atoms with Crippen LogP contribution in [0.4, 0.5) is 0 Å². The van der Waals surface area contributed by atoms with E-state index >= 15 is 0 Å². The summed E-state index contributed by atoms with van der Waals surface area (Å²) in [7, 11) is 3.47. The lowest BCUT2D eigenvalue weighted by atomic mass is 10.1. The molecule has 5 heteroatoms. The topological polar surface area (TPSA) is 51.5 Å². The van der Waals surface area contributed by atoms with Crippen LogP contribution < -0.4 is 4.74 Å². The van der Waals surface area contributed by atoms with Gasteiger partial charge in [-0.05, 0) is 24.5 Å². The number of aromatic nitrogens is 1. The number of fused-ring (bicyclic) bond motifs is 1. The zero-order valence-corrected chi connectivity index (χ0v) is 11.4. The molecule has 4 nitrogen and oxygen atoms in total. The molecule has 0 saturated carbocycles. The highest BCUT2D eigenvalue weighted by atomic mass is 32.2. The van der Waals surface area contributed by atoms with Crippen LogP contribution in [-0.4, -0.2) is 29.0 Å². The summed E-state index contributed by atoms with van der Waals surface area (Å²) < 4.78 is 7.10. The first kappa shape index (κ1) is 12.8. The molecule has 0 bridgehead atoms. The number of carboxylic acids is 1. The van der Waals surface area contributed by atoms with Crippen molar-refractivity contribution >= 4 is 28.6 Å². The van der Waals surface area contributed by atoms with Crippen LogP contribution in [0.5, 0.6) is 5.75 Å². The average Bonchev–Trinajstić information content (AvgIpc) is 2.63. The summed E-state index contributed by atoms with van der Waals surface area (Å²) in [5.74, 6) is 0.457. The third kappa shape index (κ3) is 1.95. The molecule has 1 aromatic carbocycles. The van der Waals surface area contributed by atoms with Gasteiger partial charge in [-0.25, -0.2) is 4.79 Å². The fourth-order valence-corrected chi connectivity index (χ4v) is 2.76. The van der Waals surface area contributed by atoms with Gasteiger partial charge in [-0.2, -0.15) is 11.8 Å². The van der Waals surface area contributed by atoms with Crippen molar-refractivity contribution in [2.75, 3.05) is 13.4 Å². The Morgan fingerprint density at radius 3 is 2.78 bits per heavy atom. The molecule has 0 aliphatic rings. The Morgan fingerprint density at radius 1 is 1.50 bits per heavy atom. The van der Waals surface area contributed by atoms with Crippen LogP contribution in [0.3, 0.4) is 0 Å². The lowest BCUT2D eigenvalue weighted by molar-refractivity contribution is 0.0698. The zero-order chi connectivity index (χ0) is 13.3. The van der Waals surface area contributed by atoms with Crippen molar-refractivity contribution in [1.82, 2.24) is 4.57 Å². The van der Waals surface area contributed by atoms with E-state index in [0.29, 0.717) is 17.1 Å². The molecule has 0 radical (unpaired) electrons. The van der Waals surface area contributed by atoms with Crippen molar-refractivity contribution in [3.05, 3.63) is 29.5 Å². The number of ether oxygens (including phenoxy) is 1. The molecule has 0 spiro atoms. The number of carboxylic acid groups (broad SMARTS) is 1. The lowest BCUT2D eigenvalue weighted by Gasteiger charge is -2.03. The van der Waals surface area contributed by atoms with Crippen molar-refractivity contribution in [2.24, 2.45) is 7.05 Å². The Kier molecular flexibility index (Phi) is 3.52. The molecule has 1 N–H and O–H groups in total. The van der Waals surface area contributed by atoms with E-state index in [9.17, 15) is 9.90 Å². The normalized spacial score (nSPS) is 10.8. The molecule has 1 aromatic heterocycles. The van der Waals surface area contributed by atoms with E-state index in [1.165, 1.54) is 0 Å². The van der Waals surface area contributed by atoms with Crippen molar-refractivity contribution in [3.63, 3.8) is 0 Å². The number of nitrogens with zero attached hydrogens (tertiary/aromatic N) is 1. The Bertz CT molecular complexity index is 604. The van der Waals surface area contributed by atoms with Crippen molar-refractivity contribution in [1.29, 1.82) is 0 Å². The van der Waals surface area contributed by atoms with Crippen LogP contribution in [0.25, 0.3) is 10.9 Å². The van der Waals surface area contributed by atoms with E-state index < -0.39 is 5.97 Å². The predicted octanol–water partition coefficient (Wildman–Crippen LogP) is 2.75. The minimum absolute atomic E-state index is 0.376. The molecule has 2 aromatic rings. The van der Waals surface area contributed by atoms with E-state index in [1.807, 2.05) is 30.0 Å². The van der Waals surface area contributed by atoms with Gasteiger partial charge in [0.2, 0.25) is 0 Å². The third-order valence-electron chi connectivity index (χ3n) is 3.02. The number of hydrogen-bond donors (Lipinski definition) is 1. The van der Waals surface area contributed by atoms with Crippen LogP contribution in [0.15, 0.2) is 18.2 Å². The molecule has 2 rings (SSSR count). The van der Waals surface area contributed by atoms with Gasteiger partial charge in [0.1, 0.15) is 5.75 Å². The summed E-state index contributed by atoms with van der Waals surface area (Å²) in [6.45, 7) is 0. The summed E-state index contributed by atoms with van der Waals surface area (Å²) in [5, 5.41) is 10.1. The van der Waals surface area contributed by atoms with Gasteiger partial charge >= 0.3 is 5.97 Å². The SMILES string of the molecule is COc1ccc2c(c1)c(C(=O)O)c(CSC)n2C. The van der Waals surface area contributed by atoms with E-state index in [1.54, 1.807) is 24.9 Å². The lowest BCUT2D eigenvalue weighted by Crippen LogP contribution is -2.02. The van der Waals surface area contributed by atoms with Crippen molar-refractivity contribution < 1.29 is 14.6 Å². The number of methoxy groups -OCH3 is 1. The summed E-state index contributed by atoms with van der Waals surface area (Å²) in [6, 6.07) is 5.52. The highest BCUT2D eigenvalue weighted by Gasteiger charge is 2.20. The number of aromatic carboxylic acids is 1. The highest BCUT2D eigenvalue weighted by molar-refractivity contribution is 7.97. The van der Waals surface area contributed by atoms with Crippen LogP contribution in [0, 0.1) is 0 Å². The van der Waals surface area contributed by atoms with Crippen LogP contribution in [0.1, 0.15) is 16.1 Å². The molecular weight excluding hydrogens is 250 g/mol. The van der Waals surface area contributed by atoms with Gasteiger partial charge in [0.25, 0.3) is 0 Å². The first-order valence-corrected chi connectivity index (χ1v) is 6.87. The maximum atomic E-state index is 11.5. The first-order chi connectivity index (χ1) is 8.60. The van der Waals surface area contributed by atoms with Crippen molar-refractivity contribution in [2.45, 2.75) is 5.75 Å². The monoisotopic (exact) mass is 265 g/mol. The molecule has 0 aliphatic heterocycles. The number of benzene rings is 1. The van der Waals surface area contributed by atoms with Crippen molar-refractivity contribution in [3.8, 4) is 5.75 Å². The quantitative estimate of drug-likeness (QED) is 0.923. The van der Waals surface area contributed by atoms with Gasteiger partial charge in [0.15, 0.2) is 0 Å². The second-order valence-electron chi connectivity index (χ2n) is 4.00. The van der Waals surface area contributed by atoms with E-state index in [4.69, 9.17) is 4.74 Å². The summed E-state index contributed by atoms with van der Waals surface area (Å²) in [4.78, 5) is 11.5. The molecule has 0 saturated heterocycles. The molecular formula is C13H15NO3S. The van der Waals surface area contributed by atoms with Gasteiger partial charge in [-0.15, -0.1) is 0 Å². The number of carbonyl (C=O) groups is 1. The minimum Gasteiger partial charge on any atom is -0.497 e. The van der Waals surface area contributed by atoms with Gasteiger partial charge in [-0.1, -0.05) is 0 Å².